The van der Waals surface area contributed by atoms with Crippen LogP contribution >= 0.6 is 0 Å². The van der Waals surface area contributed by atoms with Crippen LogP contribution in [0, 0.1) is 6.92 Å². The number of hydrogen-bond donors (Lipinski definition) is 0. The van der Waals surface area contributed by atoms with Gasteiger partial charge < -0.3 is 9.64 Å². The molecule has 0 aliphatic carbocycles. The molecule has 5 rings (SSSR count). The highest BCUT2D eigenvalue weighted by atomic mass is 32.2. The summed E-state index contributed by atoms with van der Waals surface area (Å²) in [6.45, 7) is 8.28. The van der Waals surface area contributed by atoms with Crippen LogP contribution in [-0.2, 0) is 25.6 Å². The van der Waals surface area contributed by atoms with Gasteiger partial charge in [-0.25, -0.2) is 4.79 Å². The van der Waals surface area contributed by atoms with Crippen molar-refractivity contribution in [2.24, 2.45) is 0 Å². The second kappa shape index (κ2) is 11.1. The molecule has 0 radical (unpaired) electrons. The quantitative estimate of drug-likeness (QED) is 0.105. The van der Waals surface area contributed by atoms with E-state index in [-0.39, 0.29) is 11.5 Å². The zero-order chi connectivity index (χ0) is 28.5. The molecule has 0 heterocycles. The monoisotopic (exact) mass is 557 g/mol. The number of unbranched alkanes of at least 4 members (excludes halogenated alkanes) is 1. The normalized spacial score (nSPS) is 12.4. The second-order valence-corrected chi connectivity index (χ2v) is 12.9. The van der Waals surface area contributed by atoms with Crippen molar-refractivity contribution in [3.8, 4) is 0 Å². The van der Waals surface area contributed by atoms with Gasteiger partial charge in [0.25, 0.3) is 10.1 Å². The van der Waals surface area contributed by atoms with E-state index in [9.17, 15) is 13.2 Å². The van der Waals surface area contributed by atoms with Crippen molar-refractivity contribution in [2.75, 3.05) is 13.2 Å². The van der Waals surface area contributed by atoms with Gasteiger partial charge in [-0.05, 0) is 90.6 Å². The molecular weight excluding hydrogens is 522 g/mol. The Hall–Kier alpha value is -3.68. The summed E-state index contributed by atoms with van der Waals surface area (Å²) in [7, 11) is -3.82. The van der Waals surface area contributed by atoms with Crippen LogP contribution in [-0.4, -0.2) is 38.2 Å². The number of carbonyl (C=O) groups is 1. The third kappa shape index (κ3) is 6.06. The molecule has 5 aromatic rings. The van der Waals surface area contributed by atoms with Crippen LogP contribution in [0.2, 0.25) is 0 Å². The van der Waals surface area contributed by atoms with Gasteiger partial charge in [-0.3, -0.25) is 4.18 Å². The molecular formula is C33H35NO5S. The number of carbonyl (C=O) groups excluding carboxylic acids is 1. The predicted molar refractivity (Wildman–Crippen MR) is 160 cm³/mol. The Morgan fingerprint density at radius 2 is 1.43 bits per heavy atom. The van der Waals surface area contributed by atoms with Gasteiger partial charge >= 0.3 is 6.09 Å². The van der Waals surface area contributed by atoms with Crippen LogP contribution in [0.3, 0.4) is 0 Å². The fourth-order valence-corrected chi connectivity index (χ4v) is 5.99. The molecule has 208 valence electrons. The molecule has 40 heavy (non-hydrogen) atoms. The highest BCUT2D eigenvalue weighted by Gasteiger charge is 2.23. The van der Waals surface area contributed by atoms with Crippen LogP contribution in [0.15, 0.2) is 83.8 Å². The van der Waals surface area contributed by atoms with Crippen LogP contribution in [0.1, 0.15) is 44.7 Å². The van der Waals surface area contributed by atoms with E-state index in [1.54, 1.807) is 29.2 Å². The van der Waals surface area contributed by atoms with Gasteiger partial charge in [-0.1, -0.05) is 72.3 Å². The molecule has 0 aromatic heterocycles. The molecule has 7 heteroatoms. The zero-order valence-electron chi connectivity index (χ0n) is 23.4. The number of amides is 1. The third-order valence-corrected chi connectivity index (χ3v) is 8.33. The molecule has 0 aliphatic rings. The van der Waals surface area contributed by atoms with Crippen LogP contribution in [0.5, 0.6) is 0 Å². The van der Waals surface area contributed by atoms with Crippen molar-refractivity contribution in [3.63, 3.8) is 0 Å². The summed E-state index contributed by atoms with van der Waals surface area (Å²) in [6, 6.07) is 25.7. The highest BCUT2D eigenvalue weighted by molar-refractivity contribution is 7.86. The molecule has 0 aliphatic heterocycles. The van der Waals surface area contributed by atoms with Crippen molar-refractivity contribution >= 4 is 48.5 Å². The second-order valence-electron chi connectivity index (χ2n) is 11.3. The summed E-state index contributed by atoms with van der Waals surface area (Å²) >= 11 is 0. The van der Waals surface area contributed by atoms with E-state index in [2.05, 4.69) is 54.6 Å². The summed E-state index contributed by atoms with van der Waals surface area (Å²) in [4.78, 5) is 15.1. The lowest BCUT2D eigenvalue weighted by atomic mass is 9.92. The first-order valence-electron chi connectivity index (χ1n) is 13.6. The minimum Gasteiger partial charge on any atom is -0.444 e. The van der Waals surface area contributed by atoms with Crippen LogP contribution in [0.25, 0.3) is 32.3 Å². The summed E-state index contributed by atoms with van der Waals surface area (Å²) in [5.74, 6) is 0. The van der Waals surface area contributed by atoms with E-state index >= 15 is 0 Å². The Morgan fingerprint density at radius 1 is 0.800 bits per heavy atom. The minimum atomic E-state index is -3.82. The lowest BCUT2D eigenvalue weighted by Gasteiger charge is -2.28. The van der Waals surface area contributed by atoms with Gasteiger partial charge in [-0.15, -0.1) is 0 Å². The summed E-state index contributed by atoms with van der Waals surface area (Å²) in [6.07, 6.45) is 0.642. The third-order valence-electron chi connectivity index (χ3n) is 7.00. The standard InChI is InChI=1S/C33H35NO5S/c1-23-10-17-28(18-11-23)40(36,37)38-21-6-5-20-34(32(35)39-33(2,3)4)22-27-15-14-26-13-12-24-8-7-9-25-16-19-29(27)31(26)30(24)25/h7-19H,5-6,20-22H2,1-4H3. The first kappa shape index (κ1) is 27.9. The van der Waals surface area contributed by atoms with Gasteiger partial charge in [-0.2, -0.15) is 8.42 Å². The first-order chi connectivity index (χ1) is 19.0. The average Bonchev–Trinajstić information content (AvgIpc) is 2.90. The Bertz CT molecular complexity index is 1740. The molecule has 6 nitrogen and oxygen atoms in total. The van der Waals surface area contributed by atoms with Gasteiger partial charge in [0.05, 0.1) is 11.5 Å². The van der Waals surface area contributed by atoms with Gasteiger partial charge in [0, 0.05) is 13.1 Å². The Labute approximate surface area is 236 Å². The molecule has 0 saturated heterocycles. The van der Waals surface area contributed by atoms with Crippen molar-refractivity contribution < 1.29 is 22.1 Å². The predicted octanol–water partition coefficient (Wildman–Crippen LogP) is 7.82. The number of hydrogen-bond acceptors (Lipinski definition) is 5. The largest absolute Gasteiger partial charge is 0.444 e. The fourth-order valence-electron chi connectivity index (χ4n) is 5.05. The maximum Gasteiger partial charge on any atom is 0.410 e. The van der Waals surface area contributed by atoms with E-state index in [0.717, 1.165) is 16.5 Å². The first-order valence-corrected chi connectivity index (χ1v) is 15.0. The van der Waals surface area contributed by atoms with Crippen molar-refractivity contribution in [1.29, 1.82) is 0 Å². The van der Waals surface area contributed by atoms with E-state index in [1.165, 1.54) is 26.9 Å². The molecule has 0 bridgehead atoms. The highest BCUT2D eigenvalue weighted by Crippen LogP contribution is 2.36. The van der Waals surface area contributed by atoms with Crippen LogP contribution < -0.4 is 0 Å². The summed E-state index contributed by atoms with van der Waals surface area (Å²) < 4.78 is 36.0. The Balaban J connectivity index is 1.33. The topological polar surface area (TPSA) is 72.9 Å². The molecule has 0 unspecified atom stereocenters. The Kier molecular flexibility index (Phi) is 7.71. The number of benzene rings is 5. The van der Waals surface area contributed by atoms with E-state index in [4.69, 9.17) is 8.92 Å². The maximum atomic E-state index is 13.2. The summed E-state index contributed by atoms with van der Waals surface area (Å²) in [5.41, 5.74) is 1.38. The van der Waals surface area contributed by atoms with E-state index in [1.807, 2.05) is 27.7 Å². The SMILES string of the molecule is Cc1ccc(S(=O)(=O)OCCCCN(Cc2ccc3ccc4cccc5ccc2c3c45)C(=O)OC(C)(C)C)cc1. The smallest absolute Gasteiger partial charge is 0.410 e. The van der Waals surface area contributed by atoms with Crippen molar-refractivity contribution in [1.82, 2.24) is 4.90 Å². The lowest BCUT2D eigenvalue weighted by Crippen LogP contribution is -2.37. The number of aryl methyl sites for hydroxylation is 1. The number of rotatable bonds is 9. The Morgan fingerprint density at radius 3 is 2.10 bits per heavy atom. The molecule has 0 fully saturated rings. The fraction of sp³-hybridized carbons (Fsp3) is 0.303. The molecule has 5 aromatic carbocycles. The minimum absolute atomic E-state index is 0.0388. The molecule has 1 amide bonds. The van der Waals surface area contributed by atoms with Gasteiger partial charge in [0.15, 0.2) is 0 Å². The molecule has 0 atom stereocenters. The zero-order valence-corrected chi connectivity index (χ0v) is 24.3. The maximum absolute atomic E-state index is 13.2. The molecule has 0 spiro atoms. The number of nitrogens with zero attached hydrogens (tertiary/aromatic N) is 1. The lowest BCUT2D eigenvalue weighted by molar-refractivity contribution is 0.0229. The molecule has 0 saturated carbocycles. The molecule has 0 N–H and O–H groups in total. The van der Waals surface area contributed by atoms with Crippen LogP contribution in [0.4, 0.5) is 4.79 Å². The van der Waals surface area contributed by atoms with Gasteiger partial charge in [0.2, 0.25) is 0 Å². The van der Waals surface area contributed by atoms with E-state index < -0.39 is 21.8 Å². The number of ether oxygens (including phenoxy) is 1. The summed E-state index contributed by atoms with van der Waals surface area (Å²) in [5, 5.41) is 7.10. The van der Waals surface area contributed by atoms with Crippen molar-refractivity contribution in [3.05, 3.63) is 90.0 Å². The van der Waals surface area contributed by atoms with E-state index in [0.29, 0.717) is 25.9 Å². The van der Waals surface area contributed by atoms with Gasteiger partial charge in [0.1, 0.15) is 5.60 Å². The van der Waals surface area contributed by atoms with Crippen molar-refractivity contribution in [2.45, 2.75) is 57.6 Å². The average molecular weight is 558 g/mol.